The lowest BCUT2D eigenvalue weighted by Crippen LogP contribution is -2.49. The maximum Gasteiger partial charge on any atom is 0.433 e. The van der Waals surface area contributed by atoms with Gasteiger partial charge in [-0.3, -0.25) is 14.4 Å². The second-order valence-electron chi connectivity index (χ2n) is 9.37. The van der Waals surface area contributed by atoms with E-state index in [0.29, 0.717) is 37.5 Å². The Balaban J connectivity index is 0.00000181. The molecule has 0 aliphatic carbocycles. The third kappa shape index (κ3) is 5.53. The van der Waals surface area contributed by atoms with E-state index < -0.39 is 17.8 Å². The Bertz CT molecular complexity index is 1470. The molecule has 0 bridgehead atoms. The minimum atomic E-state index is -4.70. The third-order valence-corrected chi connectivity index (χ3v) is 7.06. The zero-order valence-corrected chi connectivity index (χ0v) is 23.5. The second-order valence-corrected chi connectivity index (χ2v) is 9.37. The van der Waals surface area contributed by atoms with Gasteiger partial charge < -0.3 is 9.64 Å². The second kappa shape index (κ2) is 11.7. The quantitative estimate of drug-likeness (QED) is 0.343. The monoisotopic (exact) mass is 557 g/mol. The van der Waals surface area contributed by atoms with Crippen molar-refractivity contribution in [2.75, 3.05) is 33.3 Å². The fourth-order valence-corrected chi connectivity index (χ4v) is 4.91. The van der Waals surface area contributed by atoms with Gasteiger partial charge in [-0.25, -0.2) is 9.50 Å². The largest absolute Gasteiger partial charge is 0.497 e. The average Bonchev–Trinajstić information content (AvgIpc) is 3.58. The Morgan fingerprint density at radius 1 is 1.05 bits per heavy atom. The van der Waals surface area contributed by atoms with Crippen LogP contribution in [0, 0.1) is 6.92 Å². The summed E-state index contributed by atoms with van der Waals surface area (Å²) in [6, 6.07) is 8.64. The van der Waals surface area contributed by atoms with Gasteiger partial charge in [-0.15, -0.1) is 0 Å². The van der Waals surface area contributed by atoms with Crippen LogP contribution < -0.4 is 4.74 Å². The predicted molar refractivity (Wildman–Crippen MR) is 145 cm³/mol. The Hall–Kier alpha value is -3.93. The summed E-state index contributed by atoms with van der Waals surface area (Å²) >= 11 is 0. The molecule has 1 aliphatic rings. The fourth-order valence-electron chi connectivity index (χ4n) is 4.91. The van der Waals surface area contributed by atoms with Gasteiger partial charge >= 0.3 is 6.18 Å². The lowest BCUT2D eigenvalue weighted by molar-refractivity contribution is -0.143. The number of carbonyl (C=O) groups is 1. The molecule has 1 saturated heterocycles. The SMILES string of the molecule is CC.COc1ccc(-c2nc3c(C(=O)N4CCN([C@@H](C)c5ccn(C)n5)CC4)cnn3c(C(F)(F)F)c2C)cc1. The topological polar surface area (TPSA) is 80.8 Å². The number of fused-ring (bicyclic) bond motifs is 1. The number of amides is 1. The molecule has 5 rings (SSSR count). The van der Waals surface area contributed by atoms with Crippen molar-refractivity contribution in [1.29, 1.82) is 0 Å². The van der Waals surface area contributed by atoms with Crippen LogP contribution in [0.25, 0.3) is 16.9 Å². The van der Waals surface area contributed by atoms with Gasteiger partial charge in [0.2, 0.25) is 0 Å². The number of hydrogen-bond acceptors (Lipinski definition) is 6. The molecule has 1 aliphatic heterocycles. The molecule has 0 radical (unpaired) electrons. The highest BCUT2D eigenvalue weighted by Crippen LogP contribution is 2.37. The van der Waals surface area contributed by atoms with E-state index in [9.17, 15) is 18.0 Å². The molecule has 0 unspecified atom stereocenters. The van der Waals surface area contributed by atoms with Crippen LogP contribution >= 0.6 is 0 Å². The van der Waals surface area contributed by atoms with Gasteiger partial charge in [-0.05, 0) is 44.2 Å². The molecule has 0 N–H and O–H groups in total. The summed E-state index contributed by atoms with van der Waals surface area (Å²) in [7, 11) is 3.37. The van der Waals surface area contributed by atoms with Crippen LogP contribution in [0.2, 0.25) is 0 Å². The first-order chi connectivity index (χ1) is 19.1. The third-order valence-electron chi connectivity index (χ3n) is 7.06. The number of methoxy groups -OCH3 is 1. The Morgan fingerprint density at radius 2 is 1.70 bits per heavy atom. The number of alkyl halides is 3. The van der Waals surface area contributed by atoms with Gasteiger partial charge in [-0.1, -0.05) is 13.8 Å². The fraction of sp³-hybridized carbons (Fsp3) is 0.429. The highest BCUT2D eigenvalue weighted by molar-refractivity contribution is 6.00. The molecule has 0 spiro atoms. The van der Waals surface area contributed by atoms with E-state index >= 15 is 0 Å². The highest BCUT2D eigenvalue weighted by atomic mass is 19.4. The van der Waals surface area contributed by atoms with Crippen molar-refractivity contribution in [3.63, 3.8) is 0 Å². The Morgan fingerprint density at radius 3 is 2.25 bits per heavy atom. The summed E-state index contributed by atoms with van der Waals surface area (Å²) in [5.41, 5.74) is 0.444. The number of hydrogen-bond donors (Lipinski definition) is 0. The summed E-state index contributed by atoms with van der Waals surface area (Å²) in [5.74, 6) is 0.176. The first kappa shape index (κ1) is 29.1. The van der Waals surface area contributed by atoms with Crippen molar-refractivity contribution in [2.45, 2.75) is 39.9 Å². The molecule has 1 amide bonds. The number of nitrogens with zero attached hydrogens (tertiary/aromatic N) is 7. The molecule has 4 aromatic rings. The number of carbonyl (C=O) groups excluding carboxylic acids is 1. The minimum Gasteiger partial charge on any atom is -0.497 e. The summed E-state index contributed by atoms with van der Waals surface area (Å²) in [5, 5.41) is 8.42. The number of benzene rings is 1. The predicted octanol–water partition coefficient (Wildman–Crippen LogP) is 5.01. The summed E-state index contributed by atoms with van der Waals surface area (Å²) in [6.07, 6.45) is -1.63. The van der Waals surface area contributed by atoms with Gasteiger partial charge in [0.1, 0.15) is 11.3 Å². The zero-order valence-electron chi connectivity index (χ0n) is 23.5. The lowest BCUT2D eigenvalue weighted by atomic mass is 10.0. The molecule has 3 aromatic heterocycles. The molecule has 12 heteroatoms. The van der Waals surface area contributed by atoms with Crippen LogP contribution in [0.15, 0.2) is 42.7 Å². The summed E-state index contributed by atoms with van der Waals surface area (Å²) in [4.78, 5) is 21.9. The molecular formula is C28H34F3N7O2. The molecule has 214 valence electrons. The minimum absolute atomic E-state index is 0.0384. The van der Waals surface area contributed by atoms with E-state index in [1.807, 2.05) is 33.2 Å². The number of piperazine rings is 1. The van der Waals surface area contributed by atoms with E-state index in [1.165, 1.54) is 20.2 Å². The first-order valence-electron chi connectivity index (χ1n) is 13.2. The lowest BCUT2D eigenvalue weighted by Gasteiger charge is -2.37. The van der Waals surface area contributed by atoms with Crippen molar-refractivity contribution >= 4 is 11.6 Å². The van der Waals surface area contributed by atoms with E-state index in [0.717, 1.165) is 10.2 Å². The highest BCUT2D eigenvalue weighted by Gasteiger charge is 2.39. The first-order valence-corrected chi connectivity index (χ1v) is 13.2. The number of halogens is 3. The van der Waals surface area contributed by atoms with Crippen LogP contribution in [0.5, 0.6) is 5.75 Å². The molecule has 40 heavy (non-hydrogen) atoms. The van der Waals surface area contributed by atoms with E-state index in [1.54, 1.807) is 33.8 Å². The number of aromatic nitrogens is 5. The van der Waals surface area contributed by atoms with Gasteiger partial charge in [-0.2, -0.15) is 23.4 Å². The van der Waals surface area contributed by atoms with E-state index in [2.05, 4.69) is 27.0 Å². The van der Waals surface area contributed by atoms with E-state index in [4.69, 9.17) is 4.74 Å². The average molecular weight is 558 g/mol. The maximum absolute atomic E-state index is 14.2. The molecule has 1 fully saturated rings. The van der Waals surface area contributed by atoms with Crippen molar-refractivity contribution in [3.05, 3.63) is 65.2 Å². The Labute approximate surface area is 231 Å². The van der Waals surface area contributed by atoms with Crippen LogP contribution in [0.3, 0.4) is 0 Å². The molecule has 1 aromatic carbocycles. The van der Waals surface area contributed by atoms with Crippen molar-refractivity contribution in [1.82, 2.24) is 34.2 Å². The van der Waals surface area contributed by atoms with Crippen LogP contribution in [0.1, 0.15) is 54.1 Å². The van der Waals surface area contributed by atoms with Crippen LogP contribution in [0.4, 0.5) is 13.2 Å². The van der Waals surface area contributed by atoms with Gasteiger partial charge in [0.25, 0.3) is 5.91 Å². The van der Waals surface area contributed by atoms with Crippen molar-refractivity contribution in [3.8, 4) is 17.0 Å². The van der Waals surface area contributed by atoms with Gasteiger partial charge in [0.05, 0.1) is 30.7 Å². The summed E-state index contributed by atoms with van der Waals surface area (Å²) in [6.45, 7) is 9.50. The number of aryl methyl sites for hydroxylation is 1. The van der Waals surface area contributed by atoms with Crippen molar-refractivity contribution < 1.29 is 22.7 Å². The Kier molecular flexibility index (Phi) is 8.48. The van der Waals surface area contributed by atoms with Gasteiger partial charge in [0.15, 0.2) is 11.3 Å². The molecule has 9 nitrogen and oxygen atoms in total. The smallest absolute Gasteiger partial charge is 0.433 e. The van der Waals surface area contributed by atoms with Crippen molar-refractivity contribution in [2.24, 2.45) is 7.05 Å². The molecule has 4 heterocycles. The standard InChI is InChI=1S/C26H28F3N7O2.C2H6/c1-16-22(18-5-7-19(38-4)8-6-18)31-24-20(15-30-36(24)23(16)26(27,28)29)25(37)35-13-11-34(12-14-35)17(2)21-9-10-33(3)32-21;1-2/h5-10,15,17H,11-14H2,1-4H3;1-2H3/t17-;/m0./s1. The zero-order chi connectivity index (χ0) is 29.2. The van der Waals surface area contributed by atoms with Gasteiger partial charge in [0, 0.05) is 50.6 Å². The van der Waals surface area contributed by atoms with Crippen LogP contribution in [-0.4, -0.2) is 73.4 Å². The van der Waals surface area contributed by atoms with Crippen LogP contribution in [-0.2, 0) is 13.2 Å². The molecule has 0 saturated carbocycles. The maximum atomic E-state index is 14.2. The molecule has 1 atom stereocenters. The van der Waals surface area contributed by atoms with E-state index in [-0.39, 0.29) is 28.5 Å². The number of rotatable bonds is 5. The summed E-state index contributed by atoms with van der Waals surface area (Å²) < 4.78 is 50.3. The number of ether oxygens (including phenoxy) is 1. The normalized spacial score (nSPS) is 15.1. The molecular weight excluding hydrogens is 523 g/mol.